The topological polar surface area (TPSA) is 38.7 Å². The van der Waals surface area contributed by atoms with E-state index in [1.165, 1.54) is 25.8 Å². The molecule has 0 aromatic carbocycles. The lowest BCUT2D eigenvalue weighted by Crippen LogP contribution is -2.48. The Hall–Kier alpha value is -0.160. The number of aliphatic hydroxyl groups is 1. The molecule has 2 unspecified atom stereocenters. The van der Waals surface area contributed by atoms with Gasteiger partial charge < -0.3 is 10.4 Å². The van der Waals surface area contributed by atoms with Crippen LogP contribution in [0.4, 0.5) is 0 Å². The molecule has 2 atom stereocenters. The predicted molar refractivity (Wildman–Crippen MR) is 70.2 cm³/mol. The molecule has 0 aromatic rings. The molecule has 2 N–H and O–H groups in total. The molecule has 0 bridgehead atoms. The standard InChI is InChI=1S/C13H27N3O/c1-2-12-4-3-7-16(12)11-13(17)10-15-8-5-14-6-9-15/h12-14,17H,2-11H2,1H3. The minimum Gasteiger partial charge on any atom is -0.390 e. The predicted octanol–water partition coefficient (Wildman–Crippen LogP) is 0.127. The van der Waals surface area contributed by atoms with E-state index in [4.69, 9.17) is 0 Å². The molecule has 100 valence electrons. The molecule has 0 radical (unpaired) electrons. The Morgan fingerprint density at radius 2 is 2.00 bits per heavy atom. The number of nitrogens with one attached hydrogen (secondary N) is 1. The fourth-order valence-electron chi connectivity index (χ4n) is 3.12. The van der Waals surface area contributed by atoms with Crippen LogP contribution in [-0.2, 0) is 0 Å². The Labute approximate surface area is 105 Å². The fraction of sp³-hybridized carbons (Fsp3) is 1.00. The lowest BCUT2D eigenvalue weighted by atomic mass is 10.1. The van der Waals surface area contributed by atoms with E-state index in [9.17, 15) is 5.11 Å². The van der Waals surface area contributed by atoms with Crippen LogP contribution in [0.2, 0.25) is 0 Å². The van der Waals surface area contributed by atoms with Crippen molar-refractivity contribution in [3.05, 3.63) is 0 Å². The Morgan fingerprint density at radius 1 is 1.24 bits per heavy atom. The summed E-state index contributed by atoms with van der Waals surface area (Å²) in [7, 11) is 0. The number of rotatable bonds is 5. The Balaban J connectivity index is 1.70. The van der Waals surface area contributed by atoms with Crippen molar-refractivity contribution in [2.24, 2.45) is 0 Å². The van der Waals surface area contributed by atoms with Crippen LogP contribution in [0, 0.1) is 0 Å². The maximum atomic E-state index is 10.2. The van der Waals surface area contributed by atoms with Gasteiger partial charge in [-0.3, -0.25) is 9.80 Å². The zero-order chi connectivity index (χ0) is 12.1. The smallest absolute Gasteiger partial charge is 0.0793 e. The van der Waals surface area contributed by atoms with Crippen molar-refractivity contribution in [2.75, 3.05) is 45.8 Å². The van der Waals surface area contributed by atoms with Gasteiger partial charge in [-0.25, -0.2) is 0 Å². The average Bonchev–Trinajstić information content (AvgIpc) is 2.77. The monoisotopic (exact) mass is 241 g/mol. The highest BCUT2D eigenvalue weighted by atomic mass is 16.3. The van der Waals surface area contributed by atoms with Crippen molar-refractivity contribution in [1.29, 1.82) is 0 Å². The highest BCUT2D eigenvalue weighted by molar-refractivity contribution is 4.81. The van der Waals surface area contributed by atoms with Gasteiger partial charge in [-0.05, 0) is 25.8 Å². The number of β-amino-alcohol motifs (C(OH)–C–C–N with tert-alkyl or cyclic N) is 1. The summed E-state index contributed by atoms with van der Waals surface area (Å²) >= 11 is 0. The number of piperazine rings is 1. The van der Waals surface area contributed by atoms with E-state index in [0.717, 1.165) is 39.3 Å². The third-order valence-electron chi connectivity index (χ3n) is 4.09. The molecule has 0 saturated carbocycles. The van der Waals surface area contributed by atoms with E-state index in [0.29, 0.717) is 6.04 Å². The molecule has 2 aliphatic heterocycles. The van der Waals surface area contributed by atoms with Crippen LogP contribution in [0.5, 0.6) is 0 Å². The van der Waals surface area contributed by atoms with Crippen LogP contribution in [-0.4, -0.2) is 72.9 Å². The molecular weight excluding hydrogens is 214 g/mol. The quantitative estimate of drug-likeness (QED) is 0.717. The molecule has 2 heterocycles. The highest BCUT2D eigenvalue weighted by Gasteiger charge is 2.25. The van der Waals surface area contributed by atoms with Gasteiger partial charge in [0.2, 0.25) is 0 Å². The minimum absolute atomic E-state index is 0.180. The van der Waals surface area contributed by atoms with Crippen LogP contribution < -0.4 is 5.32 Å². The first-order chi connectivity index (χ1) is 8.29. The second-order valence-electron chi connectivity index (χ2n) is 5.40. The minimum atomic E-state index is -0.180. The van der Waals surface area contributed by atoms with Gasteiger partial charge in [-0.2, -0.15) is 0 Å². The molecule has 2 aliphatic rings. The van der Waals surface area contributed by atoms with Crippen LogP contribution in [0.25, 0.3) is 0 Å². The summed E-state index contributed by atoms with van der Waals surface area (Å²) in [6, 6.07) is 0.715. The maximum Gasteiger partial charge on any atom is 0.0793 e. The van der Waals surface area contributed by atoms with Gasteiger partial charge >= 0.3 is 0 Å². The Bertz CT molecular complexity index is 219. The second kappa shape index (κ2) is 6.69. The summed E-state index contributed by atoms with van der Waals surface area (Å²) in [6.45, 7) is 9.42. The summed E-state index contributed by atoms with van der Waals surface area (Å²) in [5.41, 5.74) is 0. The van der Waals surface area contributed by atoms with Crippen LogP contribution in [0.15, 0.2) is 0 Å². The van der Waals surface area contributed by atoms with E-state index in [-0.39, 0.29) is 6.10 Å². The van der Waals surface area contributed by atoms with Crippen molar-refractivity contribution in [1.82, 2.24) is 15.1 Å². The van der Waals surface area contributed by atoms with Gasteiger partial charge in [0.1, 0.15) is 0 Å². The zero-order valence-corrected chi connectivity index (χ0v) is 11.1. The summed E-state index contributed by atoms with van der Waals surface area (Å²) in [6.07, 6.45) is 3.66. The van der Waals surface area contributed by atoms with E-state index >= 15 is 0 Å². The lowest BCUT2D eigenvalue weighted by Gasteiger charge is -2.31. The number of nitrogens with zero attached hydrogens (tertiary/aromatic N) is 2. The highest BCUT2D eigenvalue weighted by Crippen LogP contribution is 2.19. The summed E-state index contributed by atoms with van der Waals surface area (Å²) in [5, 5.41) is 13.5. The molecule has 0 aliphatic carbocycles. The fourth-order valence-corrected chi connectivity index (χ4v) is 3.12. The number of aliphatic hydroxyl groups excluding tert-OH is 1. The zero-order valence-electron chi connectivity index (χ0n) is 11.1. The van der Waals surface area contributed by atoms with Gasteiger partial charge in [0.15, 0.2) is 0 Å². The molecule has 2 saturated heterocycles. The van der Waals surface area contributed by atoms with Gasteiger partial charge in [-0.15, -0.1) is 0 Å². The molecule has 2 fully saturated rings. The number of likely N-dealkylation sites (tertiary alicyclic amines) is 1. The molecule has 4 nitrogen and oxygen atoms in total. The van der Waals surface area contributed by atoms with Crippen molar-refractivity contribution >= 4 is 0 Å². The SMILES string of the molecule is CCC1CCCN1CC(O)CN1CCNCC1. The first kappa shape index (κ1) is 13.3. The van der Waals surface area contributed by atoms with E-state index in [1.54, 1.807) is 0 Å². The normalized spacial score (nSPS) is 29.6. The van der Waals surface area contributed by atoms with Gasteiger partial charge in [-0.1, -0.05) is 6.92 Å². The summed E-state index contributed by atoms with van der Waals surface area (Å²) in [5.74, 6) is 0. The van der Waals surface area contributed by atoms with Crippen molar-refractivity contribution in [3.63, 3.8) is 0 Å². The third-order valence-corrected chi connectivity index (χ3v) is 4.09. The number of hydrogen-bond acceptors (Lipinski definition) is 4. The summed E-state index contributed by atoms with van der Waals surface area (Å²) < 4.78 is 0. The summed E-state index contributed by atoms with van der Waals surface area (Å²) in [4.78, 5) is 4.85. The molecule has 17 heavy (non-hydrogen) atoms. The third kappa shape index (κ3) is 3.91. The lowest BCUT2D eigenvalue weighted by molar-refractivity contribution is 0.0648. The van der Waals surface area contributed by atoms with Gasteiger partial charge in [0.05, 0.1) is 6.10 Å². The number of hydrogen-bond donors (Lipinski definition) is 2. The van der Waals surface area contributed by atoms with E-state index < -0.39 is 0 Å². The Morgan fingerprint density at radius 3 is 2.71 bits per heavy atom. The van der Waals surface area contributed by atoms with Crippen molar-refractivity contribution in [3.8, 4) is 0 Å². The first-order valence-corrected chi connectivity index (χ1v) is 7.14. The molecule has 0 aromatic heterocycles. The van der Waals surface area contributed by atoms with E-state index in [1.807, 2.05) is 0 Å². The van der Waals surface area contributed by atoms with Crippen molar-refractivity contribution in [2.45, 2.75) is 38.3 Å². The van der Waals surface area contributed by atoms with E-state index in [2.05, 4.69) is 22.0 Å². The van der Waals surface area contributed by atoms with Crippen LogP contribution >= 0.6 is 0 Å². The molecular formula is C13H27N3O. The molecule has 2 rings (SSSR count). The maximum absolute atomic E-state index is 10.2. The second-order valence-corrected chi connectivity index (χ2v) is 5.40. The molecule has 0 spiro atoms. The van der Waals surface area contributed by atoms with Crippen LogP contribution in [0.3, 0.4) is 0 Å². The molecule has 4 heteroatoms. The molecule has 0 amide bonds. The van der Waals surface area contributed by atoms with Gasteiger partial charge in [0, 0.05) is 45.3 Å². The van der Waals surface area contributed by atoms with Crippen molar-refractivity contribution < 1.29 is 5.11 Å². The largest absolute Gasteiger partial charge is 0.390 e. The first-order valence-electron chi connectivity index (χ1n) is 7.14. The Kier molecular flexibility index (Phi) is 5.22. The van der Waals surface area contributed by atoms with Gasteiger partial charge in [0.25, 0.3) is 0 Å². The average molecular weight is 241 g/mol. The van der Waals surface area contributed by atoms with Crippen LogP contribution in [0.1, 0.15) is 26.2 Å².